The highest BCUT2D eigenvalue weighted by molar-refractivity contribution is 6.30. The van der Waals surface area contributed by atoms with E-state index in [2.05, 4.69) is 10.3 Å². The fourth-order valence-electron chi connectivity index (χ4n) is 1.66. The van der Waals surface area contributed by atoms with Crippen molar-refractivity contribution in [3.8, 4) is 0 Å². The van der Waals surface area contributed by atoms with Gasteiger partial charge in [0.25, 0.3) is 5.91 Å². The van der Waals surface area contributed by atoms with Gasteiger partial charge in [-0.05, 0) is 13.0 Å². The minimum Gasteiger partial charge on any atom is -0.395 e. The monoisotopic (exact) mass is 253 g/mol. The van der Waals surface area contributed by atoms with E-state index in [9.17, 15) is 4.79 Å². The molecule has 0 bridgehead atoms. The van der Waals surface area contributed by atoms with Crippen molar-refractivity contribution in [1.82, 2.24) is 14.7 Å². The number of aryl methyl sites for hydroxylation is 1. The molecule has 0 saturated heterocycles. The minimum atomic E-state index is -0.258. The van der Waals surface area contributed by atoms with Crippen molar-refractivity contribution < 1.29 is 9.90 Å². The summed E-state index contributed by atoms with van der Waals surface area (Å²) in [7, 11) is 0. The highest BCUT2D eigenvalue weighted by Crippen LogP contribution is 2.16. The van der Waals surface area contributed by atoms with E-state index in [1.165, 1.54) is 0 Å². The zero-order chi connectivity index (χ0) is 12.4. The summed E-state index contributed by atoms with van der Waals surface area (Å²) in [6.45, 7) is 1.89. The topological polar surface area (TPSA) is 66.6 Å². The van der Waals surface area contributed by atoms with E-state index in [4.69, 9.17) is 16.7 Å². The van der Waals surface area contributed by atoms with Crippen molar-refractivity contribution in [2.75, 3.05) is 13.2 Å². The zero-order valence-electron chi connectivity index (χ0n) is 9.27. The first-order valence-corrected chi connectivity index (χ1v) is 5.54. The molecule has 0 aromatic carbocycles. The normalized spacial score (nSPS) is 10.8. The third kappa shape index (κ3) is 2.25. The number of nitrogens with one attached hydrogen (secondary N) is 1. The molecule has 0 aliphatic rings. The van der Waals surface area contributed by atoms with Crippen molar-refractivity contribution >= 4 is 23.2 Å². The van der Waals surface area contributed by atoms with Crippen LogP contribution in [0.3, 0.4) is 0 Å². The van der Waals surface area contributed by atoms with Crippen molar-refractivity contribution in [1.29, 1.82) is 0 Å². The van der Waals surface area contributed by atoms with Crippen molar-refractivity contribution in [2.24, 2.45) is 0 Å². The summed E-state index contributed by atoms with van der Waals surface area (Å²) in [6, 6.07) is 3.38. The third-order valence-electron chi connectivity index (χ3n) is 2.37. The van der Waals surface area contributed by atoms with E-state index in [-0.39, 0.29) is 19.1 Å². The van der Waals surface area contributed by atoms with Gasteiger partial charge in [-0.2, -0.15) is 0 Å². The van der Waals surface area contributed by atoms with E-state index in [0.29, 0.717) is 22.1 Å². The molecule has 0 radical (unpaired) electrons. The van der Waals surface area contributed by atoms with Crippen LogP contribution in [-0.2, 0) is 0 Å². The van der Waals surface area contributed by atoms with Gasteiger partial charge >= 0.3 is 0 Å². The van der Waals surface area contributed by atoms with Gasteiger partial charge in [-0.25, -0.2) is 4.98 Å². The first kappa shape index (κ1) is 11.9. The summed E-state index contributed by atoms with van der Waals surface area (Å²) < 4.78 is 1.67. The average molecular weight is 254 g/mol. The number of hydrogen-bond donors (Lipinski definition) is 2. The zero-order valence-corrected chi connectivity index (χ0v) is 10.0. The molecule has 1 amide bonds. The van der Waals surface area contributed by atoms with Gasteiger partial charge in [-0.3, -0.25) is 9.20 Å². The molecule has 0 saturated carbocycles. The first-order valence-electron chi connectivity index (χ1n) is 5.16. The second-order valence-corrected chi connectivity index (χ2v) is 4.03. The maximum Gasteiger partial charge on any atom is 0.270 e. The number of aliphatic hydroxyl groups excluding tert-OH is 1. The quantitative estimate of drug-likeness (QED) is 0.858. The largest absolute Gasteiger partial charge is 0.395 e. The lowest BCUT2D eigenvalue weighted by Gasteiger charge is -2.04. The Morgan fingerprint density at radius 1 is 1.65 bits per heavy atom. The van der Waals surface area contributed by atoms with Gasteiger partial charge in [-0.15, -0.1) is 0 Å². The smallest absolute Gasteiger partial charge is 0.270 e. The van der Waals surface area contributed by atoms with Crippen LogP contribution in [0, 0.1) is 6.92 Å². The number of nitrogens with zero attached hydrogens (tertiary/aromatic N) is 2. The Kier molecular flexibility index (Phi) is 3.31. The number of fused-ring (bicyclic) bond motifs is 1. The average Bonchev–Trinajstić information content (AvgIpc) is 2.61. The van der Waals surface area contributed by atoms with Crippen LogP contribution in [0.1, 0.15) is 16.2 Å². The second kappa shape index (κ2) is 4.73. The Labute approximate surface area is 103 Å². The van der Waals surface area contributed by atoms with E-state index in [1.807, 2.05) is 0 Å². The standard InChI is InChI=1S/C11H12ClN3O2/c1-7-10(11(17)13-3-5-16)15-4-2-8(12)6-9(15)14-7/h2,4,6,16H,3,5H2,1H3,(H,13,17). The van der Waals surface area contributed by atoms with E-state index in [1.54, 1.807) is 29.7 Å². The molecule has 2 aromatic heterocycles. The van der Waals surface area contributed by atoms with Gasteiger partial charge in [0.05, 0.1) is 12.3 Å². The number of rotatable bonds is 3. The molecular weight excluding hydrogens is 242 g/mol. The Bertz CT molecular complexity index is 565. The molecule has 0 fully saturated rings. The molecule has 0 unspecified atom stereocenters. The van der Waals surface area contributed by atoms with Crippen LogP contribution in [0.5, 0.6) is 0 Å². The van der Waals surface area contributed by atoms with Crippen LogP contribution in [-0.4, -0.2) is 33.6 Å². The number of pyridine rings is 1. The number of amides is 1. The SMILES string of the molecule is Cc1nc2cc(Cl)ccn2c1C(=O)NCCO. The fraction of sp³-hybridized carbons (Fsp3) is 0.273. The Morgan fingerprint density at radius 3 is 3.12 bits per heavy atom. The molecule has 2 N–H and O–H groups in total. The Balaban J connectivity index is 2.46. The van der Waals surface area contributed by atoms with Gasteiger partial charge in [0.1, 0.15) is 11.3 Å². The second-order valence-electron chi connectivity index (χ2n) is 3.60. The molecule has 0 atom stereocenters. The van der Waals surface area contributed by atoms with E-state index >= 15 is 0 Å². The molecular formula is C11H12ClN3O2. The van der Waals surface area contributed by atoms with Gasteiger partial charge in [0.15, 0.2) is 0 Å². The van der Waals surface area contributed by atoms with Crippen LogP contribution in [0.4, 0.5) is 0 Å². The van der Waals surface area contributed by atoms with Crippen LogP contribution < -0.4 is 5.32 Å². The van der Waals surface area contributed by atoms with Crippen LogP contribution in [0.2, 0.25) is 5.02 Å². The highest BCUT2D eigenvalue weighted by Gasteiger charge is 2.15. The van der Waals surface area contributed by atoms with Crippen molar-refractivity contribution in [3.63, 3.8) is 0 Å². The molecule has 2 rings (SSSR count). The molecule has 2 heterocycles. The summed E-state index contributed by atoms with van der Waals surface area (Å²) in [4.78, 5) is 16.1. The lowest BCUT2D eigenvalue weighted by Crippen LogP contribution is -2.28. The Hall–Kier alpha value is -1.59. The minimum absolute atomic E-state index is 0.0899. The van der Waals surface area contributed by atoms with Gasteiger partial charge in [0, 0.05) is 23.8 Å². The predicted molar refractivity (Wildman–Crippen MR) is 64.4 cm³/mol. The number of imidazole rings is 1. The summed E-state index contributed by atoms with van der Waals surface area (Å²) in [6.07, 6.45) is 1.70. The summed E-state index contributed by atoms with van der Waals surface area (Å²) in [5.74, 6) is -0.258. The van der Waals surface area contributed by atoms with Gasteiger partial charge in [0.2, 0.25) is 0 Å². The number of hydrogen-bond acceptors (Lipinski definition) is 3. The number of carbonyl (C=O) groups is 1. The number of halogens is 1. The third-order valence-corrected chi connectivity index (χ3v) is 2.61. The molecule has 90 valence electrons. The molecule has 2 aromatic rings. The number of aliphatic hydroxyl groups is 1. The molecule has 0 aliphatic heterocycles. The van der Waals surface area contributed by atoms with Crippen LogP contribution >= 0.6 is 11.6 Å². The Morgan fingerprint density at radius 2 is 2.41 bits per heavy atom. The highest BCUT2D eigenvalue weighted by atomic mass is 35.5. The fourth-order valence-corrected chi connectivity index (χ4v) is 1.82. The first-order chi connectivity index (χ1) is 8.13. The van der Waals surface area contributed by atoms with Crippen LogP contribution in [0.15, 0.2) is 18.3 Å². The summed E-state index contributed by atoms with van der Waals surface area (Å²) in [5, 5.41) is 11.9. The maximum absolute atomic E-state index is 11.9. The molecule has 0 spiro atoms. The lowest BCUT2D eigenvalue weighted by atomic mass is 10.3. The summed E-state index contributed by atoms with van der Waals surface area (Å²) >= 11 is 5.86. The molecule has 5 nitrogen and oxygen atoms in total. The van der Waals surface area contributed by atoms with E-state index < -0.39 is 0 Å². The number of aromatic nitrogens is 2. The summed E-state index contributed by atoms with van der Waals surface area (Å²) in [5.41, 5.74) is 1.72. The van der Waals surface area contributed by atoms with Crippen LogP contribution in [0.25, 0.3) is 5.65 Å². The van der Waals surface area contributed by atoms with E-state index in [0.717, 1.165) is 0 Å². The van der Waals surface area contributed by atoms with Crippen molar-refractivity contribution in [3.05, 3.63) is 34.7 Å². The molecule has 0 aliphatic carbocycles. The maximum atomic E-state index is 11.9. The molecule has 17 heavy (non-hydrogen) atoms. The van der Waals surface area contributed by atoms with Gasteiger partial charge in [-0.1, -0.05) is 11.6 Å². The van der Waals surface area contributed by atoms with Crippen molar-refractivity contribution in [2.45, 2.75) is 6.92 Å². The predicted octanol–water partition coefficient (Wildman–Crippen LogP) is 1.02. The number of carbonyl (C=O) groups excluding carboxylic acids is 1. The lowest BCUT2D eigenvalue weighted by molar-refractivity contribution is 0.0938. The van der Waals surface area contributed by atoms with Gasteiger partial charge < -0.3 is 10.4 Å². The molecule has 6 heteroatoms.